The van der Waals surface area contributed by atoms with Crippen molar-refractivity contribution in [3.63, 3.8) is 0 Å². The molecule has 0 saturated heterocycles. The fraction of sp³-hybridized carbons (Fsp3) is 0.261. The van der Waals surface area contributed by atoms with Crippen LogP contribution >= 0.6 is 11.6 Å². The summed E-state index contributed by atoms with van der Waals surface area (Å²) in [6.07, 6.45) is -2.78. The SMILES string of the molecule is Cc1cc(C(=O)O)c(O)cc1-c1nc(C(=O)c2c(Cl)cccc2C(F)(F)F)n2c1CCCC2. The zero-order valence-corrected chi connectivity index (χ0v) is 18.1. The van der Waals surface area contributed by atoms with E-state index in [0.29, 0.717) is 41.9 Å². The first-order chi connectivity index (χ1) is 15.5. The fourth-order valence-corrected chi connectivity index (χ4v) is 4.42. The number of benzene rings is 2. The number of aryl methyl sites for hydroxylation is 1. The van der Waals surface area contributed by atoms with E-state index in [1.807, 2.05) is 0 Å². The van der Waals surface area contributed by atoms with Crippen molar-refractivity contribution in [2.75, 3.05) is 0 Å². The molecule has 0 spiro atoms. The summed E-state index contributed by atoms with van der Waals surface area (Å²) in [6.45, 7) is 2.01. The van der Waals surface area contributed by atoms with Crippen molar-refractivity contribution in [1.82, 2.24) is 9.55 Å². The van der Waals surface area contributed by atoms with Gasteiger partial charge in [-0.2, -0.15) is 13.2 Å². The van der Waals surface area contributed by atoms with E-state index in [1.54, 1.807) is 11.5 Å². The Morgan fingerprint density at radius 1 is 1.18 bits per heavy atom. The Balaban J connectivity index is 1.92. The van der Waals surface area contributed by atoms with Crippen LogP contribution in [0.2, 0.25) is 5.02 Å². The summed E-state index contributed by atoms with van der Waals surface area (Å²) in [4.78, 5) is 29.1. The topological polar surface area (TPSA) is 92.4 Å². The number of aromatic nitrogens is 2. The van der Waals surface area contributed by atoms with Gasteiger partial charge >= 0.3 is 12.1 Å². The molecule has 10 heteroatoms. The number of alkyl halides is 3. The maximum atomic E-state index is 13.6. The molecule has 0 fully saturated rings. The van der Waals surface area contributed by atoms with Gasteiger partial charge in [-0.25, -0.2) is 9.78 Å². The van der Waals surface area contributed by atoms with Gasteiger partial charge in [0.15, 0.2) is 5.82 Å². The maximum Gasteiger partial charge on any atom is 0.417 e. The van der Waals surface area contributed by atoms with Crippen LogP contribution in [0.15, 0.2) is 30.3 Å². The second kappa shape index (κ2) is 8.22. The van der Waals surface area contributed by atoms with Crippen LogP contribution in [-0.2, 0) is 19.1 Å². The average molecular weight is 479 g/mol. The van der Waals surface area contributed by atoms with Crippen molar-refractivity contribution in [2.45, 2.75) is 38.9 Å². The molecule has 0 radical (unpaired) electrons. The predicted octanol–water partition coefficient (Wildman–Crippen LogP) is 5.50. The summed E-state index contributed by atoms with van der Waals surface area (Å²) < 4.78 is 42.4. The molecular formula is C23H18ClF3N2O4. The van der Waals surface area contributed by atoms with Crippen LogP contribution in [0.4, 0.5) is 13.2 Å². The molecule has 0 amide bonds. The number of phenols is 1. The van der Waals surface area contributed by atoms with Crippen LogP contribution in [-0.4, -0.2) is 31.5 Å². The Hall–Kier alpha value is -3.33. The van der Waals surface area contributed by atoms with E-state index in [9.17, 15) is 33.0 Å². The number of fused-ring (bicyclic) bond motifs is 1. The maximum absolute atomic E-state index is 13.6. The van der Waals surface area contributed by atoms with Crippen LogP contribution < -0.4 is 0 Å². The van der Waals surface area contributed by atoms with Crippen molar-refractivity contribution >= 4 is 23.4 Å². The number of rotatable bonds is 4. The summed E-state index contributed by atoms with van der Waals surface area (Å²) >= 11 is 6.03. The molecule has 2 heterocycles. The number of hydrogen-bond donors (Lipinski definition) is 2. The van der Waals surface area contributed by atoms with Gasteiger partial charge in [0.05, 0.1) is 21.8 Å². The lowest BCUT2D eigenvalue weighted by Crippen LogP contribution is -2.20. The standard InChI is InChI=1S/C23H18ClF3N2O4/c1-11-9-13(22(32)33)17(30)10-12(11)19-16-7-2-3-8-29(16)21(28-19)20(31)18-14(23(25,26)27)5-4-6-15(18)24/h4-6,9-10,30H,2-3,7-8H2,1H3,(H,32,33). The number of hydrogen-bond acceptors (Lipinski definition) is 4. The van der Waals surface area contributed by atoms with Crippen LogP contribution in [0.1, 0.15) is 56.2 Å². The third-order valence-electron chi connectivity index (χ3n) is 5.70. The van der Waals surface area contributed by atoms with Gasteiger partial charge in [0.1, 0.15) is 11.3 Å². The van der Waals surface area contributed by atoms with Gasteiger partial charge in [0.25, 0.3) is 0 Å². The number of carboxylic acid groups (broad SMARTS) is 1. The molecule has 0 bridgehead atoms. The van der Waals surface area contributed by atoms with Crippen molar-refractivity contribution in [3.05, 3.63) is 69.1 Å². The molecule has 0 unspecified atom stereocenters. The van der Waals surface area contributed by atoms with E-state index in [4.69, 9.17) is 11.6 Å². The molecule has 6 nitrogen and oxygen atoms in total. The highest BCUT2D eigenvalue weighted by molar-refractivity contribution is 6.35. The smallest absolute Gasteiger partial charge is 0.417 e. The van der Waals surface area contributed by atoms with E-state index in [2.05, 4.69) is 4.98 Å². The van der Waals surface area contributed by atoms with E-state index >= 15 is 0 Å². The first kappa shape index (κ1) is 22.8. The van der Waals surface area contributed by atoms with Crippen molar-refractivity contribution in [2.24, 2.45) is 0 Å². The summed E-state index contributed by atoms with van der Waals surface area (Å²) in [5, 5.41) is 19.1. The largest absolute Gasteiger partial charge is 0.507 e. The summed E-state index contributed by atoms with van der Waals surface area (Å²) in [5.41, 5.74) is -0.251. The highest BCUT2D eigenvalue weighted by Gasteiger charge is 2.38. The first-order valence-corrected chi connectivity index (χ1v) is 10.5. The molecule has 1 aliphatic heterocycles. The van der Waals surface area contributed by atoms with Gasteiger partial charge in [-0.3, -0.25) is 4.79 Å². The minimum atomic E-state index is -4.79. The van der Waals surface area contributed by atoms with Crippen molar-refractivity contribution < 1.29 is 33.0 Å². The second-order valence-corrected chi connectivity index (χ2v) is 8.23. The molecular weight excluding hydrogens is 461 g/mol. The van der Waals surface area contributed by atoms with E-state index in [0.717, 1.165) is 18.6 Å². The van der Waals surface area contributed by atoms with Crippen LogP contribution in [0, 0.1) is 6.92 Å². The lowest BCUT2D eigenvalue weighted by atomic mass is 9.98. The highest BCUT2D eigenvalue weighted by Crippen LogP contribution is 2.38. The quantitative estimate of drug-likeness (QED) is 0.483. The van der Waals surface area contributed by atoms with Gasteiger partial charge in [-0.15, -0.1) is 0 Å². The Labute approximate surface area is 191 Å². The minimum absolute atomic E-state index is 0.181. The number of imidazole rings is 1. The Morgan fingerprint density at radius 3 is 2.58 bits per heavy atom. The van der Waals surface area contributed by atoms with Crippen molar-refractivity contribution in [3.8, 4) is 17.0 Å². The molecule has 33 heavy (non-hydrogen) atoms. The highest BCUT2D eigenvalue weighted by atomic mass is 35.5. The zero-order valence-electron chi connectivity index (χ0n) is 17.3. The molecule has 0 atom stereocenters. The molecule has 0 aliphatic carbocycles. The number of aromatic carboxylic acids is 1. The number of halogens is 4. The summed E-state index contributed by atoms with van der Waals surface area (Å²) in [5.74, 6) is -2.91. The van der Waals surface area contributed by atoms with E-state index < -0.39 is 34.8 Å². The third kappa shape index (κ3) is 3.97. The van der Waals surface area contributed by atoms with Crippen LogP contribution in [0.25, 0.3) is 11.3 Å². The first-order valence-electron chi connectivity index (χ1n) is 10.1. The van der Waals surface area contributed by atoms with Crippen molar-refractivity contribution in [1.29, 1.82) is 0 Å². The van der Waals surface area contributed by atoms with Crippen LogP contribution in [0.3, 0.4) is 0 Å². The molecule has 4 rings (SSSR count). The number of nitrogens with zero attached hydrogens (tertiary/aromatic N) is 2. The van der Waals surface area contributed by atoms with Gasteiger partial charge in [0.2, 0.25) is 5.78 Å². The summed E-state index contributed by atoms with van der Waals surface area (Å²) in [7, 11) is 0. The van der Waals surface area contributed by atoms with Gasteiger partial charge < -0.3 is 14.8 Å². The van der Waals surface area contributed by atoms with Gasteiger partial charge in [0, 0.05) is 17.8 Å². The molecule has 2 N–H and O–H groups in total. The van der Waals surface area contributed by atoms with E-state index in [-0.39, 0.29) is 16.4 Å². The number of carbonyl (C=O) groups is 2. The molecule has 3 aromatic rings. The molecule has 172 valence electrons. The lowest BCUT2D eigenvalue weighted by Gasteiger charge is -2.18. The number of ketones is 1. The zero-order chi connectivity index (χ0) is 24.1. The molecule has 1 aromatic heterocycles. The average Bonchev–Trinajstić information content (AvgIpc) is 3.13. The summed E-state index contributed by atoms with van der Waals surface area (Å²) in [6, 6.07) is 5.69. The van der Waals surface area contributed by atoms with Crippen LogP contribution in [0.5, 0.6) is 5.75 Å². The second-order valence-electron chi connectivity index (χ2n) is 7.82. The Bertz CT molecular complexity index is 1300. The lowest BCUT2D eigenvalue weighted by molar-refractivity contribution is -0.137. The van der Waals surface area contributed by atoms with Gasteiger partial charge in [-0.1, -0.05) is 17.7 Å². The Morgan fingerprint density at radius 2 is 1.91 bits per heavy atom. The predicted molar refractivity (Wildman–Crippen MR) is 114 cm³/mol. The van der Waals surface area contributed by atoms with E-state index in [1.165, 1.54) is 18.2 Å². The van der Waals surface area contributed by atoms with Gasteiger partial charge in [-0.05, 0) is 56.0 Å². The minimum Gasteiger partial charge on any atom is -0.507 e. The number of carbonyl (C=O) groups excluding carboxylic acids is 1. The number of carboxylic acids is 1. The normalized spacial score (nSPS) is 13.6. The third-order valence-corrected chi connectivity index (χ3v) is 6.01. The Kier molecular flexibility index (Phi) is 5.69. The monoisotopic (exact) mass is 478 g/mol. The number of aromatic hydroxyl groups is 1. The molecule has 2 aromatic carbocycles. The fourth-order valence-electron chi connectivity index (χ4n) is 4.16. The molecule has 0 saturated carbocycles. The molecule has 1 aliphatic rings.